The summed E-state index contributed by atoms with van der Waals surface area (Å²) in [4.78, 5) is 8.78. The highest BCUT2D eigenvalue weighted by molar-refractivity contribution is 7.17. The van der Waals surface area contributed by atoms with Crippen LogP contribution in [-0.4, -0.2) is 16.5 Å². The van der Waals surface area contributed by atoms with E-state index in [1.807, 2.05) is 0 Å². The number of benzene rings is 1. The lowest BCUT2D eigenvalue weighted by Gasteiger charge is -2.10. The van der Waals surface area contributed by atoms with Gasteiger partial charge in [0.2, 0.25) is 0 Å². The molecule has 0 amide bonds. The van der Waals surface area contributed by atoms with Gasteiger partial charge in [-0.3, -0.25) is 0 Å². The van der Waals surface area contributed by atoms with Gasteiger partial charge in [-0.05, 0) is 30.7 Å². The molecule has 0 fully saturated rings. The molecular weight excluding hydrogens is 254 g/mol. The normalized spacial score (nSPS) is 10.8. The molecule has 0 aliphatic rings. The molecule has 0 atom stereocenters. The predicted molar refractivity (Wildman–Crippen MR) is 81.8 cm³/mol. The molecule has 0 unspecified atom stereocenters. The van der Waals surface area contributed by atoms with Gasteiger partial charge in [-0.2, -0.15) is 0 Å². The summed E-state index contributed by atoms with van der Waals surface area (Å²) in [7, 11) is 0. The van der Waals surface area contributed by atoms with Gasteiger partial charge in [0.15, 0.2) is 0 Å². The van der Waals surface area contributed by atoms with Crippen molar-refractivity contribution in [3.8, 4) is 11.3 Å². The van der Waals surface area contributed by atoms with Crippen molar-refractivity contribution in [2.75, 3.05) is 11.9 Å². The van der Waals surface area contributed by atoms with Crippen molar-refractivity contribution in [1.82, 2.24) is 9.97 Å². The second-order valence-electron chi connectivity index (χ2n) is 4.37. The molecule has 1 N–H and O–H groups in total. The molecule has 0 spiro atoms. The Kier molecular flexibility index (Phi) is 3.17. The molecule has 0 saturated carbocycles. The number of hydrogen-bond donors (Lipinski definition) is 1. The Bertz CT molecular complexity index is 718. The fourth-order valence-corrected chi connectivity index (χ4v) is 3.16. The second kappa shape index (κ2) is 4.97. The van der Waals surface area contributed by atoms with Crippen molar-refractivity contribution in [1.29, 1.82) is 0 Å². The van der Waals surface area contributed by atoms with Crippen LogP contribution in [0.2, 0.25) is 0 Å². The molecule has 4 heteroatoms. The Balaban J connectivity index is 2.21. The van der Waals surface area contributed by atoms with Crippen LogP contribution in [0.25, 0.3) is 21.3 Å². The van der Waals surface area contributed by atoms with Crippen LogP contribution in [0.1, 0.15) is 12.5 Å². The van der Waals surface area contributed by atoms with E-state index in [9.17, 15) is 0 Å². The maximum atomic E-state index is 4.48. The SMILES string of the molecule is CCNc1ncnc(-c2cccc3ccsc23)c1C. The number of hydrogen-bond acceptors (Lipinski definition) is 4. The zero-order valence-corrected chi connectivity index (χ0v) is 11.8. The van der Waals surface area contributed by atoms with Crippen molar-refractivity contribution < 1.29 is 0 Å². The lowest BCUT2D eigenvalue weighted by molar-refractivity contribution is 1.09. The molecule has 0 aliphatic heterocycles. The Labute approximate surface area is 116 Å². The Morgan fingerprint density at radius 1 is 1.21 bits per heavy atom. The van der Waals surface area contributed by atoms with Gasteiger partial charge < -0.3 is 5.32 Å². The maximum Gasteiger partial charge on any atom is 0.132 e. The molecular formula is C15H15N3S. The van der Waals surface area contributed by atoms with Crippen LogP contribution in [0.15, 0.2) is 36.0 Å². The van der Waals surface area contributed by atoms with Crippen molar-refractivity contribution in [3.05, 3.63) is 41.5 Å². The van der Waals surface area contributed by atoms with Gasteiger partial charge in [-0.1, -0.05) is 18.2 Å². The van der Waals surface area contributed by atoms with E-state index in [4.69, 9.17) is 0 Å². The first kappa shape index (κ1) is 12.1. The largest absolute Gasteiger partial charge is 0.370 e. The fraction of sp³-hybridized carbons (Fsp3) is 0.200. The molecule has 0 saturated heterocycles. The number of anilines is 1. The molecule has 0 bridgehead atoms. The number of rotatable bonds is 3. The van der Waals surface area contributed by atoms with E-state index in [1.54, 1.807) is 17.7 Å². The Morgan fingerprint density at radius 2 is 2.11 bits per heavy atom. The lowest BCUT2D eigenvalue weighted by atomic mass is 10.1. The van der Waals surface area contributed by atoms with E-state index < -0.39 is 0 Å². The predicted octanol–water partition coefficient (Wildman–Crippen LogP) is 4.10. The minimum Gasteiger partial charge on any atom is -0.370 e. The van der Waals surface area contributed by atoms with Gasteiger partial charge in [-0.15, -0.1) is 11.3 Å². The van der Waals surface area contributed by atoms with Crippen LogP contribution in [0.3, 0.4) is 0 Å². The van der Waals surface area contributed by atoms with Crippen LogP contribution in [0.5, 0.6) is 0 Å². The number of aromatic nitrogens is 2. The molecule has 3 aromatic rings. The quantitative estimate of drug-likeness (QED) is 0.778. The molecule has 0 aliphatic carbocycles. The smallest absolute Gasteiger partial charge is 0.132 e. The van der Waals surface area contributed by atoms with Crippen LogP contribution < -0.4 is 5.32 Å². The third-order valence-electron chi connectivity index (χ3n) is 3.16. The van der Waals surface area contributed by atoms with Crippen LogP contribution in [0.4, 0.5) is 5.82 Å². The van der Waals surface area contributed by atoms with E-state index in [0.29, 0.717) is 0 Å². The summed E-state index contributed by atoms with van der Waals surface area (Å²) in [6.07, 6.45) is 1.63. The fourth-order valence-electron chi connectivity index (χ4n) is 2.25. The monoisotopic (exact) mass is 269 g/mol. The van der Waals surface area contributed by atoms with Crippen molar-refractivity contribution in [3.63, 3.8) is 0 Å². The third-order valence-corrected chi connectivity index (χ3v) is 4.13. The number of fused-ring (bicyclic) bond motifs is 1. The lowest BCUT2D eigenvalue weighted by Crippen LogP contribution is -2.03. The number of thiophene rings is 1. The molecule has 3 nitrogen and oxygen atoms in total. The van der Waals surface area contributed by atoms with E-state index in [1.165, 1.54) is 15.6 Å². The first-order chi connectivity index (χ1) is 9.31. The first-order valence-corrected chi connectivity index (χ1v) is 7.21. The summed E-state index contributed by atoms with van der Waals surface area (Å²) in [5.74, 6) is 0.918. The summed E-state index contributed by atoms with van der Waals surface area (Å²) in [6, 6.07) is 8.49. The highest BCUT2D eigenvalue weighted by Gasteiger charge is 2.11. The summed E-state index contributed by atoms with van der Waals surface area (Å²) in [5, 5.41) is 6.67. The standard InChI is InChI=1S/C15H15N3S/c1-3-16-15-10(2)13(17-9-18-15)12-6-4-5-11-7-8-19-14(11)12/h4-9H,3H2,1-2H3,(H,16,17,18). The molecule has 96 valence electrons. The number of nitrogens with one attached hydrogen (secondary N) is 1. The minimum atomic E-state index is 0.862. The molecule has 2 heterocycles. The Hall–Kier alpha value is -1.94. The van der Waals surface area contributed by atoms with Gasteiger partial charge in [0.05, 0.1) is 5.69 Å². The zero-order chi connectivity index (χ0) is 13.2. The summed E-state index contributed by atoms with van der Waals surface area (Å²) >= 11 is 1.76. The van der Waals surface area contributed by atoms with E-state index in [0.717, 1.165) is 23.6 Å². The maximum absolute atomic E-state index is 4.48. The van der Waals surface area contributed by atoms with Gasteiger partial charge >= 0.3 is 0 Å². The number of nitrogens with zero attached hydrogens (tertiary/aromatic N) is 2. The average Bonchev–Trinajstić information content (AvgIpc) is 2.90. The van der Waals surface area contributed by atoms with Crippen molar-refractivity contribution in [2.45, 2.75) is 13.8 Å². The topological polar surface area (TPSA) is 37.8 Å². The summed E-state index contributed by atoms with van der Waals surface area (Å²) in [6.45, 7) is 5.00. The van der Waals surface area contributed by atoms with Crippen LogP contribution >= 0.6 is 11.3 Å². The molecule has 3 rings (SSSR count). The van der Waals surface area contributed by atoms with E-state index >= 15 is 0 Å². The van der Waals surface area contributed by atoms with E-state index in [2.05, 4.69) is 58.8 Å². The molecule has 0 radical (unpaired) electrons. The first-order valence-electron chi connectivity index (χ1n) is 6.33. The molecule has 19 heavy (non-hydrogen) atoms. The molecule has 1 aromatic carbocycles. The van der Waals surface area contributed by atoms with Crippen LogP contribution in [-0.2, 0) is 0 Å². The summed E-state index contributed by atoms with van der Waals surface area (Å²) in [5.41, 5.74) is 3.30. The molecule has 2 aromatic heterocycles. The van der Waals surface area contributed by atoms with Gasteiger partial charge in [0, 0.05) is 22.4 Å². The van der Waals surface area contributed by atoms with Gasteiger partial charge in [-0.25, -0.2) is 9.97 Å². The highest BCUT2D eigenvalue weighted by atomic mass is 32.1. The summed E-state index contributed by atoms with van der Waals surface area (Å²) < 4.78 is 1.28. The third kappa shape index (κ3) is 2.08. The minimum absolute atomic E-state index is 0.862. The van der Waals surface area contributed by atoms with Gasteiger partial charge in [0.25, 0.3) is 0 Å². The Morgan fingerprint density at radius 3 is 2.95 bits per heavy atom. The highest BCUT2D eigenvalue weighted by Crippen LogP contribution is 2.34. The van der Waals surface area contributed by atoms with Crippen molar-refractivity contribution >= 4 is 27.2 Å². The van der Waals surface area contributed by atoms with Crippen molar-refractivity contribution in [2.24, 2.45) is 0 Å². The van der Waals surface area contributed by atoms with Gasteiger partial charge in [0.1, 0.15) is 12.1 Å². The van der Waals surface area contributed by atoms with E-state index in [-0.39, 0.29) is 0 Å². The second-order valence-corrected chi connectivity index (χ2v) is 5.29. The average molecular weight is 269 g/mol. The van der Waals surface area contributed by atoms with Crippen LogP contribution in [0, 0.1) is 6.92 Å². The zero-order valence-electron chi connectivity index (χ0n) is 11.0.